The molecule has 6 heteroatoms. The molecule has 1 aliphatic rings. The topological polar surface area (TPSA) is 77.2 Å². The van der Waals surface area contributed by atoms with Crippen molar-refractivity contribution in [2.75, 3.05) is 7.11 Å². The quantitative estimate of drug-likeness (QED) is 0.854. The van der Waals surface area contributed by atoms with Gasteiger partial charge in [-0.25, -0.2) is 0 Å². The van der Waals surface area contributed by atoms with Crippen molar-refractivity contribution in [1.82, 2.24) is 15.5 Å². The van der Waals surface area contributed by atoms with Crippen LogP contribution < -0.4 is 10.1 Å². The molecule has 1 saturated carbocycles. The lowest BCUT2D eigenvalue weighted by Gasteiger charge is -2.26. The van der Waals surface area contributed by atoms with Crippen LogP contribution in [0.5, 0.6) is 5.75 Å². The van der Waals surface area contributed by atoms with Crippen molar-refractivity contribution in [2.45, 2.75) is 38.1 Å². The van der Waals surface area contributed by atoms with Gasteiger partial charge in [0.1, 0.15) is 11.3 Å². The van der Waals surface area contributed by atoms with Crippen molar-refractivity contribution in [2.24, 2.45) is 0 Å². The van der Waals surface area contributed by atoms with Crippen LogP contribution in [0, 0.1) is 6.92 Å². The van der Waals surface area contributed by atoms with Crippen molar-refractivity contribution in [3.63, 3.8) is 0 Å². The Bertz CT molecular complexity index is 745. The number of amides is 1. The van der Waals surface area contributed by atoms with Crippen LogP contribution in [-0.4, -0.2) is 23.2 Å². The van der Waals surface area contributed by atoms with Crippen molar-refractivity contribution >= 4 is 12.0 Å². The first-order valence-corrected chi connectivity index (χ1v) is 8.07. The van der Waals surface area contributed by atoms with Crippen molar-refractivity contribution in [3.8, 4) is 5.75 Å². The molecule has 1 fully saturated rings. The maximum Gasteiger partial charge on any atom is 0.244 e. The van der Waals surface area contributed by atoms with Crippen LogP contribution in [0.3, 0.4) is 0 Å². The van der Waals surface area contributed by atoms with Crippen LogP contribution in [0.25, 0.3) is 6.08 Å². The number of aryl methyl sites for hydroxylation is 1. The van der Waals surface area contributed by atoms with Crippen LogP contribution in [0.1, 0.15) is 43.0 Å². The predicted octanol–water partition coefficient (Wildman–Crippen LogP) is 2.99. The summed E-state index contributed by atoms with van der Waals surface area (Å²) in [5, 5.41) is 7.10. The number of hydrogen-bond acceptors (Lipinski definition) is 5. The van der Waals surface area contributed by atoms with E-state index in [1.165, 1.54) is 6.08 Å². The number of carbonyl (C=O) groups excluding carboxylic acids is 1. The number of ether oxygens (including phenoxy) is 1. The van der Waals surface area contributed by atoms with Gasteiger partial charge in [0, 0.05) is 18.6 Å². The van der Waals surface area contributed by atoms with Gasteiger partial charge in [0.05, 0.1) is 7.11 Å². The highest BCUT2D eigenvalue weighted by molar-refractivity contribution is 5.92. The Labute approximate surface area is 140 Å². The normalized spacial score (nSPS) is 16.4. The Morgan fingerprint density at radius 3 is 2.75 bits per heavy atom. The maximum atomic E-state index is 12.4. The van der Waals surface area contributed by atoms with E-state index in [2.05, 4.69) is 15.5 Å². The molecule has 1 aliphatic carbocycles. The minimum Gasteiger partial charge on any atom is -0.496 e. The fraction of sp³-hybridized carbons (Fsp3) is 0.389. The molecule has 1 amide bonds. The molecule has 3 rings (SSSR count). The van der Waals surface area contributed by atoms with Crippen molar-refractivity contribution < 1.29 is 14.1 Å². The SMILES string of the molecule is COc1ccccc1/C=C/C(=O)NC1(c2noc(C)n2)CCCC1. The summed E-state index contributed by atoms with van der Waals surface area (Å²) in [7, 11) is 1.61. The van der Waals surface area contributed by atoms with E-state index in [4.69, 9.17) is 9.26 Å². The molecule has 0 aliphatic heterocycles. The zero-order chi connectivity index (χ0) is 17.0. The average Bonchev–Trinajstić information content (AvgIpc) is 3.23. The number of aromatic nitrogens is 2. The monoisotopic (exact) mass is 327 g/mol. The van der Waals surface area contributed by atoms with E-state index in [9.17, 15) is 4.79 Å². The zero-order valence-corrected chi connectivity index (χ0v) is 13.9. The average molecular weight is 327 g/mol. The van der Waals surface area contributed by atoms with E-state index in [1.807, 2.05) is 24.3 Å². The van der Waals surface area contributed by atoms with E-state index < -0.39 is 5.54 Å². The van der Waals surface area contributed by atoms with Gasteiger partial charge in [-0.2, -0.15) is 4.98 Å². The summed E-state index contributed by atoms with van der Waals surface area (Å²) in [4.78, 5) is 16.8. The van der Waals surface area contributed by atoms with Gasteiger partial charge in [-0.1, -0.05) is 36.2 Å². The van der Waals surface area contributed by atoms with Crippen molar-refractivity contribution in [1.29, 1.82) is 0 Å². The number of benzene rings is 1. The number of rotatable bonds is 5. The lowest BCUT2D eigenvalue weighted by Crippen LogP contribution is -2.44. The largest absolute Gasteiger partial charge is 0.496 e. The van der Waals surface area contributed by atoms with Crippen LogP contribution >= 0.6 is 0 Å². The Hall–Kier alpha value is -2.63. The molecule has 1 N–H and O–H groups in total. The first-order chi connectivity index (χ1) is 11.6. The molecule has 0 saturated heterocycles. The lowest BCUT2D eigenvalue weighted by molar-refractivity contribution is -0.118. The van der Waals surface area contributed by atoms with Gasteiger partial charge >= 0.3 is 0 Å². The van der Waals surface area contributed by atoms with Crippen LogP contribution in [0.4, 0.5) is 0 Å². The van der Waals surface area contributed by atoms with Gasteiger partial charge in [0.2, 0.25) is 11.8 Å². The molecule has 24 heavy (non-hydrogen) atoms. The van der Waals surface area contributed by atoms with Gasteiger partial charge in [-0.15, -0.1) is 0 Å². The van der Waals surface area contributed by atoms with Crippen LogP contribution in [-0.2, 0) is 10.3 Å². The molecule has 1 aromatic heterocycles. The molecule has 0 radical (unpaired) electrons. The second kappa shape index (κ2) is 6.86. The molecule has 126 valence electrons. The fourth-order valence-corrected chi connectivity index (χ4v) is 3.12. The van der Waals surface area contributed by atoms with E-state index in [1.54, 1.807) is 20.1 Å². The van der Waals surface area contributed by atoms with Crippen molar-refractivity contribution in [3.05, 3.63) is 47.6 Å². The van der Waals surface area contributed by atoms with E-state index in [0.29, 0.717) is 11.7 Å². The molecule has 0 bridgehead atoms. The predicted molar refractivity (Wildman–Crippen MR) is 89.4 cm³/mol. The summed E-state index contributed by atoms with van der Waals surface area (Å²) < 4.78 is 10.4. The number of methoxy groups -OCH3 is 1. The number of carbonyl (C=O) groups is 1. The van der Waals surface area contributed by atoms with Crippen LogP contribution in [0.2, 0.25) is 0 Å². The highest BCUT2D eigenvalue weighted by Crippen LogP contribution is 2.37. The third kappa shape index (κ3) is 3.32. The van der Waals surface area contributed by atoms with E-state index in [-0.39, 0.29) is 5.91 Å². The zero-order valence-electron chi connectivity index (χ0n) is 13.9. The smallest absolute Gasteiger partial charge is 0.244 e. The number of nitrogens with one attached hydrogen (secondary N) is 1. The van der Waals surface area contributed by atoms with Gasteiger partial charge < -0.3 is 14.6 Å². The minimum atomic E-state index is -0.528. The van der Waals surface area contributed by atoms with Gasteiger partial charge in [-0.3, -0.25) is 4.79 Å². The van der Waals surface area contributed by atoms with Gasteiger partial charge in [-0.05, 0) is 25.0 Å². The summed E-state index contributed by atoms with van der Waals surface area (Å²) >= 11 is 0. The Morgan fingerprint density at radius 1 is 1.33 bits per heavy atom. The molecule has 2 aromatic rings. The number of nitrogens with zero attached hydrogens (tertiary/aromatic N) is 2. The third-order valence-corrected chi connectivity index (χ3v) is 4.33. The Kier molecular flexibility index (Phi) is 4.64. The maximum absolute atomic E-state index is 12.4. The third-order valence-electron chi connectivity index (χ3n) is 4.33. The van der Waals surface area contributed by atoms with Gasteiger partial charge in [0.25, 0.3) is 0 Å². The summed E-state index contributed by atoms with van der Waals surface area (Å²) in [6.07, 6.45) is 6.97. The minimum absolute atomic E-state index is 0.176. The molecule has 1 aromatic carbocycles. The molecule has 1 heterocycles. The summed E-state index contributed by atoms with van der Waals surface area (Å²) in [6, 6.07) is 7.55. The second-order valence-electron chi connectivity index (χ2n) is 5.99. The van der Waals surface area contributed by atoms with Gasteiger partial charge in [0.15, 0.2) is 5.82 Å². The highest BCUT2D eigenvalue weighted by Gasteiger charge is 2.40. The molecular formula is C18H21N3O3. The van der Waals surface area contributed by atoms with E-state index >= 15 is 0 Å². The Balaban J connectivity index is 1.76. The van der Waals surface area contributed by atoms with E-state index in [0.717, 1.165) is 37.0 Å². The fourth-order valence-electron chi connectivity index (χ4n) is 3.12. The highest BCUT2D eigenvalue weighted by atomic mass is 16.5. The molecule has 0 atom stereocenters. The first kappa shape index (κ1) is 16.2. The summed E-state index contributed by atoms with van der Waals surface area (Å²) in [5.41, 5.74) is 0.325. The molecular weight excluding hydrogens is 306 g/mol. The standard InChI is InChI=1S/C18H21N3O3/c1-13-19-17(21-24-13)18(11-5-6-12-18)20-16(22)10-9-14-7-3-4-8-15(14)23-2/h3-4,7-10H,5-6,11-12H2,1-2H3,(H,20,22)/b10-9+. The first-order valence-electron chi connectivity index (χ1n) is 8.07. The summed E-state index contributed by atoms with van der Waals surface area (Å²) in [5.74, 6) is 1.63. The summed E-state index contributed by atoms with van der Waals surface area (Å²) in [6.45, 7) is 1.75. The lowest BCUT2D eigenvalue weighted by atomic mass is 9.96. The van der Waals surface area contributed by atoms with Crippen LogP contribution in [0.15, 0.2) is 34.9 Å². The molecule has 0 unspecified atom stereocenters. The number of para-hydroxylation sites is 1. The second-order valence-corrected chi connectivity index (χ2v) is 5.99. The number of hydrogen-bond donors (Lipinski definition) is 1. The Morgan fingerprint density at radius 2 is 2.08 bits per heavy atom. The molecule has 6 nitrogen and oxygen atoms in total. The molecule has 0 spiro atoms.